The van der Waals surface area contributed by atoms with E-state index in [4.69, 9.17) is 0 Å². The van der Waals surface area contributed by atoms with Gasteiger partial charge in [-0.2, -0.15) is 17.6 Å². The monoisotopic (exact) mass is 742 g/mol. The molecule has 0 N–H and O–H groups in total. The maximum absolute atomic E-state index is 16.6. The Kier molecular flexibility index (Phi) is 10.1. The molecule has 55 heavy (non-hydrogen) atoms. The molecule has 0 saturated heterocycles. The average molecular weight is 743 g/mol. The number of hydrogen-bond acceptors (Lipinski definition) is 0. The second-order valence-corrected chi connectivity index (χ2v) is 16.8. The minimum atomic E-state index is -3.32. The van der Waals surface area contributed by atoms with Crippen LogP contribution in [0, 0.1) is 13.8 Å². The van der Waals surface area contributed by atoms with Crippen LogP contribution in [0.2, 0.25) is 0 Å². The van der Waals surface area contributed by atoms with Gasteiger partial charge in [0.05, 0.1) is 0 Å². The van der Waals surface area contributed by atoms with E-state index in [0.717, 1.165) is 42.4 Å². The van der Waals surface area contributed by atoms with E-state index < -0.39 is 11.8 Å². The maximum atomic E-state index is 16.6. The van der Waals surface area contributed by atoms with Gasteiger partial charge in [-0.05, 0) is 113 Å². The normalized spacial score (nSPS) is 16.0. The predicted molar refractivity (Wildman–Crippen MR) is 220 cm³/mol. The Bertz CT molecular complexity index is 2220. The average Bonchev–Trinajstić information content (AvgIpc) is 3.66. The van der Waals surface area contributed by atoms with Crippen LogP contribution < -0.4 is 0 Å². The molecule has 5 aromatic carbocycles. The molecule has 0 aromatic heterocycles. The molecule has 0 heterocycles. The molecule has 0 atom stereocenters. The van der Waals surface area contributed by atoms with Crippen molar-refractivity contribution in [3.63, 3.8) is 0 Å². The molecule has 0 amide bonds. The van der Waals surface area contributed by atoms with Gasteiger partial charge in [-0.3, -0.25) is 0 Å². The van der Waals surface area contributed by atoms with Gasteiger partial charge in [0.1, 0.15) is 0 Å². The Hall–Kier alpha value is -4.18. The highest BCUT2D eigenvalue weighted by atomic mass is 19.3. The topological polar surface area (TPSA) is 0 Å². The zero-order valence-electron chi connectivity index (χ0n) is 33.0. The van der Waals surface area contributed by atoms with Gasteiger partial charge in [-0.25, -0.2) is 0 Å². The lowest BCUT2D eigenvalue weighted by Gasteiger charge is -2.33. The molecule has 0 saturated carbocycles. The van der Waals surface area contributed by atoms with Crippen molar-refractivity contribution in [2.45, 2.75) is 135 Å². The molecule has 0 aliphatic heterocycles. The summed E-state index contributed by atoms with van der Waals surface area (Å²) < 4.78 is 64.9. The first-order chi connectivity index (χ1) is 26.5. The van der Waals surface area contributed by atoms with E-state index in [1.165, 1.54) is 110 Å². The van der Waals surface area contributed by atoms with E-state index >= 15 is 17.6 Å². The summed E-state index contributed by atoms with van der Waals surface area (Å²) >= 11 is 0. The Morgan fingerprint density at radius 1 is 0.364 bits per heavy atom. The summed E-state index contributed by atoms with van der Waals surface area (Å²) in [7, 11) is 0. The van der Waals surface area contributed by atoms with Gasteiger partial charge in [-0.15, -0.1) is 0 Å². The van der Waals surface area contributed by atoms with Crippen LogP contribution in [-0.2, 0) is 17.3 Å². The molecule has 4 heteroatoms. The molecule has 3 aliphatic carbocycles. The molecule has 8 rings (SSSR count). The molecule has 286 valence electrons. The molecule has 5 aromatic rings. The highest BCUT2D eigenvalue weighted by Gasteiger charge is 2.50. The molecule has 0 bridgehead atoms. The third-order valence-corrected chi connectivity index (χ3v) is 13.0. The molecular formula is C51H54F4. The van der Waals surface area contributed by atoms with E-state index in [9.17, 15) is 0 Å². The Morgan fingerprint density at radius 3 is 1.20 bits per heavy atom. The highest BCUT2D eigenvalue weighted by molar-refractivity contribution is 5.90. The first kappa shape index (κ1) is 37.7. The number of unbranched alkanes of at least 4 members (excludes halogenated alkanes) is 10. The fourth-order valence-electron chi connectivity index (χ4n) is 10.1. The van der Waals surface area contributed by atoms with E-state index in [0.29, 0.717) is 11.1 Å². The van der Waals surface area contributed by atoms with Crippen LogP contribution in [0.25, 0.3) is 44.5 Å². The summed E-state index contributed by atoms with van der Waals surface area (Å²) in [5.74, 6) is -6.57. The van der Waals surface area contributed by atoms with Crippen molar-refractivity contribution in [1.29, 1.82) is 0 Å². The number of benzene rings is 5. The van der Waals surface area contributed by atoms with Crippen LogP contribution >= 0.6 is 0 Å². The third kappa shape index (κ3) is 6.36. The number of alkyl halides is 4. The Balaban J connectivity index is 1.17. The zero-order valence-corrected chi connectivity index (χ0v) is 33.0. The Labute approximate surface area is 325 Å². The molecule has 0 nitrogen and oxygen atoms in total. The lowest BCUT2D eigenvalue weighted by Crippen LogP contribution is -2.25. The van der Waals surface area contributed by atoms with Crippen molar-refractivity contribution in [2.75, 3.05) is 0 Å². The van der Waals surface area contributed by atoms with Gasteiger partial charge in [-0.1, -0.05) is 157 Å². The summed E-state index contributed by atoms with van der Waals surface area (Å²) in [6.45, 7) is 8.48. The predicted octanol–water partition coefficient (Wildman–Crippen LogP) is 16.0. The van der Waals surface area contributed by atoms with Gasteiger partial charge in [0, 0.05) is 27.7 Å². The fraction of sp³-hybridized carbons (Fsp3) is 0.412. The third-order valence-electron chi connectivity index (χ3n) is 13.0. The first-order valence-corrected chi connectivity index (χ1v) is 21.0. The highest BCUT2D eigenvalue weighted by Crippen LogP contribution is 2.59. The van der Waals surface area contributed by atoms with Gasteiger partial charge in [0.2, 0.25) is 0 Å². The first-order valence-electron chi connectivity index (χ1n) is 21.0. The summed E-state index contributed by atoms with van der Waals surface area (Å²) in [4.78, 5) is 0. The number of fused-ring (bicyclic) bond motifs is 9. The van der Waals surface area contributed by atoms with Crippen LogP contribution in [0.5, 0.6) is 0 Å². The van der Waals surface area contributed by atoms with Crippen molar-refractivity contribution in [1.82, 2.24) is 0 Å². The minimum Gasteiger partial charge on any atom is -0.196 e. The van der Waals surface area contributed by atoms with E-state index in [1.54, 1.807) is 31.2 Å². The molecule has 0 unspecified atom stereocenters. The lowest BCUT2D eigenvalue weighted by atomic mass is 9.70. The van der Waals surface area contributed by atoms with Crippen LogP contribution in [0.3, 0.4) is 0 Å². The largest absolute Gasteiger partial charge is 0.299 e. The van der Waals surface area contributed by atoms with Crippen molar-refractivity contribution < 1.29 is 17.6 Å². The second kappa shape index (κ2) is 14.7. The van der Waals surface area contributed by atoms with E-state index in [-0.39, 0.29) is 38.8 Å². The summed E-state index contributed by atoms with van der Waals surface area (Å²) in [6, 6.07) is 26.3. The summed E-state index contributed by atoms with van der Waals surface area (Å²) in [6.07, 6.45) is 17.0. The van der Waals surface area contributed by atoms with Crippen LogP contribution in [0.1, 0.15) is 148 Å². The second-order valence-electron chi connectivity index (χ2n) is 16.8. The SMILES string of the molecule is CCCCCCCCC1(CCCCCCCC)c2cc(C)ccc2-c2ccc(-c3ccc4c(c3)C(F)(F)c3cc5c(cc3-4)C(F)(F)c3cc(C)ccc3-5)cc21. The molecule has 0 radical (unpaired) electrons. The van der Waals surface area contributed by atoms with Crippen molar-refractivity contribution in [3.05, 3.63) is 129 Å². The smallest absolute Gasteiger partial charge is 0.196 e. The van der Waals surface area contributed by atoms with Crippen molar-refractivity contribution in [2.24, 2.45) is 0 Å². The van der Waals surface area contributed by atoms with Gasteiger partial charge in [0.25, 0.3) is 11.8 Å². The summed E-state index contributed by atoms with van der Waals surface area (Å²) in [5.41, 5.74) is 9.30. The molecule has 0 spiro atoms. The minimum absolute atomic E-state index is 0.108. The quantitative estimate of drug-likeness (QED) is 0.0740. The molecule has 3 aliphatic rings. The number of aryl methyl sites for hydroxylation is 2. The van der Waals surface area contributed by atoms with Crippen molar-refractivity contribution >= 4 is 0 Å². The van der Waals surface area contributed by atoms with Gasteiger partial charge < -0.3 is 0 Å². The van der Waals surface area contributed by atoms with E-state index in [2.05, 4.69) is 57.2 Å². The Morgan fingerprint density at radius 2 is 0.709 bits per heavy atom. The molecule has 0 fully saturated rings. The van der Waals surface area contributed by atoms with E-state index in [1.807, 2.05) is 6.07 Å². The van der Waals surface area contributed by atoms with Crippen LogP contribution in [0.15, 0.2) is 84.9 Å². The standard InChI is InChI=1S/C51H54F4/c1-5-7-9-11-13-15-25-49(26-16-14-12-10-8-6-2)43-27-33(3)17-21-37(43)38-23-19-35(29-44(38)49)36-20-24-40-42-32-47-41(31-48(42)51(54,55)46(40)30-36)39-22-18-34(4)28-45(39)50(47,52)53/h17-24,27-32H,5-16,25-26H2,1-4H3. The zero-order chi connectivity index (χ0) is 38.5. The van der Waals surface area contributed by atoms with Crippen molar-refractivity contribution in [3.8, 4) is 44.5 Å². The summed E-state index contributed by atoms with van der Waals surface area (Å²) in [5, 5.41) is 0. The van der Waals surface area contributed by atoms with Crippen LogP contribution in [-0.4, -0.2) is 0 Å². The maximum Gasteiger partial charge on any atom is 0.299 e. The van der Waals surface area contributed by atoms with Gasteiger partial charge in [0.15, 0.2) is 0 Å². The molecular weight excluding hydrogens is 689 g/mol. The number of hydrogen-bond donors (Lipinski definition) is 0. The van der Waals surface area contributed by atoms with Crippen LogP contribution in [0.4, 0.5) is 17.6 Å². The van der Waals surface area contributed by atoms with Gasteiger partial charge >= 0.3 is 0 Å². The number of rotatable bonds is 15. The fourth-order valence-corrected chi connectivity index (χ4v) is 10.1. The lowest BCUT2D eigenvalue weighted by molar-refractivity contribution is 0.0451. The number of halogens is 4.